The minimum atomic E-state index is -0.831. The van der Waals surface area contributed by atoms with Crippen molar-refractivity contribution >= 4 is 17.9 Å². The van der Waals surface area contributed by atoms with Crippen molar-refractivity contribution in [1.29, 1.82) is 0 Å². The van der Waals surface area contributed by atoms with Crippen LogP contribution in [0.3, 0.4) is 0 Å². The topological polar surface area (TPSA) is 78.9 Å². The lowest BCUT2D eigenvalue weighted by molar-refractivity contribution is -0.166. The van der Waals surface area contributed by atoms with E-state index in [1.54, 1.807) is 0 Å². The lowest BCUT2D eigenvalue weighted by Crippen LogP contribution is -2.30. The number of esters is 3. The van der Waals surface area contributed by atoms with E-state index >= 15 is 0 Å². The third-order valence-corrected chi connectivity index (χ3v) is 12.1. The number of hydrogen-bond acceptors (Lipinski definition) is 6. The van der Waals surface area contributed by atoms with Gasteiger partial charge in [-0.2, -0.15) is 0 Å². The van der Waals surface area contributed by atoms with Crippen LogP contribution in [-0.4, -0.2) is 37.2 Å². The average Bonchev–Trinajstić information content (AvgIpc) is 3.39. The third-order valence-electron chi connectivity index (χ3n) is 12.1. The molecule has 1 atom stereocenters. The summed E-state index contributed by atoms with van der Waals surface area (Å²) in [5.41, 5.74) is 0. The molecule has 0 heterocycles. The Hall–Kier alpha value is -4.45. The summed E-state index contributed by atoms with van der Waals surface area (Å²) >= 11 is 0. The zero-order valence-corrected chi connectivity index (χ0v) is 47.1. The summed E-state index contributed by atoms with van der Waals surface area (Å²) in [6.07, 6.45) is 84.6. The molecule has 0 fully saturated rings. The van der Waals surface area contributed by atoms with Gasteiger partial charge in [-0.3, -0.25) is 14.4 Å². The highest BCUT2D eigenvalue weighted by molar-refractivity contribution is 5.71. The molecule has 73 heavy (non-hydrogen) atoms. The molecule has 0 amide bonds. The van der Waals surface area contributed by atoms with Crippen molar-refractivity contribution in [3.05, 3.63) is 134 Å². The molecule has 0 saturated heterocycles. The van der Waals surface area contributed by atoms with E-state index in [1.807, 2.05) is 6.08 Å². The van der Waals surface area contributed by atoms with Crippen molar-refractivity contribution in [2.45, 2.75) is 258 Å². The monoisotopic (exact) mass is 1010 g/mol. The van der Waals surface area contributed by atoms with Gasteiger partial charge >= 0.3 is 17.9 Å². The number of hydrogen-bond donors (Lipinski definition) is 0. The SMILES string of the molecule is CC/C=C\C/C=C\C/C=C\C/C=C\C/C=C\C/C=C\CCC(=O)OC[C@H](COC(=O)CCCC/C=C\C/C=C\C/C=C\C/C=C\CC)OC(=O)CCCCCCCCCCCCC/C=C\CCCCCCCC. The molecular formula is C67H108O6. The minimum absolute atomic E-state index is 0.127. The van der Waals surface area contributed by atoms with Crippen LogP contribution in [0.25, 0.3) is 0 Å². The van der Waals surface area contributed by atoms with E-state index in [2.05, 4.69) is 148 Å². The van der Waals surface area contributed by atoms with Crippen LogP contribution in [0.5, 0.6) is 0 Å². The predicted molar refractivity (Wildman–Crippen MR) is 316 cm³/mol. The molecular weight excluding hydrogens is 901 g/mol. The van der Waals surface area contributed by atoms with E-state index in [1.165, 1.54) is 103 Å². The zero-order chi connectivity index (χ0) is 52.9. The molecule has 0 radical (unpaired) electrons. The first-order valence-corrected chi connectivity index (χ1v) is 29.7. The Balaban J connectivity index is 4.53. The van der Waals surface area contributed by atoms with Crippen LogP contribution in [0.4, 0.5) is 0 Å². The molecule has 0 aromatic carbocycles. The number of unbranched alkanes of at least 4 members (excludes halogenated alkanes) is 19. The molecule has 0 aliphatic rings. The Morgan fingerprint density at radius 3 is 0.959 bits per heavy atom. The third kappa shape index (κ3) is 58.3. The lowest BCUT2D eigenvalue weighted by Gasteiger charge is -2.18. The molecule has 0 spiro atoms. The molecule has 0 unspecified atom stereocenters. The minimum Gasteiger partial charge on any atom is -0.462 e. The fourth-order valence-corrected chi connectivity index (χ4v) is 7.75. The number of carbonyl (C=O) groups excluding carboxylic acids is 3. The molecule has 0 saturated carbocycles. The van der Waals surface area contributed by atoms with E-state index in [0.717, 1.165) is 96.3 Å². The zero-order valence-electron chi connectivity index (χ0n) is 47.1. The molecule has 6 nitrogen and oxygen atoms in total. The Labute approximate surface area is 449 Å². The average molecular weight is 1010 g/mol. The Bertz CT molecular complexity index is 1580. The first-order chi connectivity index (χ1) is 36.0. The van der Waals surface area contributed by atoms with Crippen molar-refractivity contribution < 1.29 is 28.6 Å². The molecule has 0 bridgehead atoms. The van der Waals surface area contributed by atoms with Crippen molar-refractivity contribution in [3.8, 4) is 0 Å². The molecule has 0 rings (SSSR count). The molecule has 0 aliphatic heterocycles. The van der Waals surface area contributed by atoms with Crippen LogP contribution in [0.15, 0.2) is 134 Å². The second-order valence-corrected chi connectivity index (χ2v) is 19.1. The largest absolute Gasteiger partial charge is 0.462 e. The van der Waals surface area contributed by atoms with Crippen LogP contribution in [0.2, 0.25) is 0 Å². The summed E-state index contributed by atoms with van der Waals surface area (Å²) < 4.78 is 16.8. The summed E-state index contributed by atoms with van der Waals surface area (Å²) in [6, 6.07) is 0. The van der Waals surface area contributed by atoms with Crippen molar-refractivity contribution in [2.24, 2.45) is 0 Å². The van der Waals surface area contributed by atoms with Crippen LogP contribution < -0.4 is 0 Å². The van der Waals surface area contributed by atoms with Gasteiger partial charge < -0.3 is 14.2 Å². The highest BCUT2D eigenvalue weighted by Crippen LogP contribution is 2.15. The Kier molecular flexibility index (Phi) is 56.4. The molecule has 0 aromatic rings. The Morgan fingerprint density at radius 2 is 0.562 bits per heavy atom. The van der Waals surface area contributed by atoms with Crippen LogP contribution in [-0.2, 0) is 28.6 Å². The molecule has 0 aromatic heterocycles. The van der Waals surface area contributed by atoms with Crippen LogP contribution in [0.1, 0.15) is 252 Å². The quantitative estimate of drug-likeness (QED) is 0.0261. The number of rotatable bonds is 52. The lowest BCUT2D eigenvalue weighted by atomic mass is 10.0. The first-order valence-electron chi connectivity index (χ1n) is 29.7. The van der Waals surface area contributed by atoms with Gasteiger partial charge in [-0.15, -0.1) is 0 Å². The van der Waals surface area contributed by atoms with E-state index in [9.17, 15) is 14.4 Å². The van der Waals surface area contributed by atoms with Gasteiger partial charge in [0.2, 0.25) is 0 Å². The maximum Gasteiger partial charge on any atom is 0.306 e. The standard InChI is InChI=1S/C67H108O6/c1-4-7-10-13-16-19-22-25-28-30-32-33-35-37-40-43-46-49-52-55-58-61-67(70)73-64(62-71-65(68)59-56-53-50-47-44-41-38-27-24-21-18-15-12-9-6-3)63-72-66(69)60-57-54-51-48-45-42-39-36-34-31-29-26-23-20-17-14-11-8-5-2/h8-9,11-12,17-18,20-21,25-29,34,36,38,42,44-45,47,51,54,64H,4-7,10,13-16,19,22-24,30-33,35,37,39-41,43,46,48-50,52-53,55-63H2,1-3H3/b11-8-,12-9-,20-17-,21-18-,28-25-,29-26-,36-34-,38-27-,45-42-,47-44-,54-51-/t64-/m0/s1. The molecule has 412 valence electrons. The Morgan fingerprint density at radius 1 is 0.288 bits per heavy atom. The highest BCUT2D eigenvalue weighted by Gasteiger charge is 2.19. The van der Waals surface area contributed by atoms with Gasteiger partial charge in [0.05, 0.1) is 0 Å². The highest BCUT2D eigenvalue weighted by atomic mass is 16.6. The maximum absolute atomic E-state index is 12.9. The van der Waals surface area contributed by atoms with Gasteiger partial charge in [0.1, 0.15) is 13.2 Å². The van der Waals surface area contributed by atoms with Gasteiger partial charge in [0, 0.05) is 19.3 Å². The number of ether oxygens (including phenoxy) is 3. The second-order valence-electron chi connectivity index (χ2n) is 19.1. The van der Waals surface area contributed by atoms with Gasteiger partial charge in [0.15, 0.2) is 6.10 Å². The van der Waals surface area contributed by atoms with Crippen molar-refractivity contribution in [3.63, 3.8) is 0 Å². The smallest absolute Gasteiger partial charge is 0.306 e. The van der Waals surface area contributed by atoms with Gasteiger partial charge in [-0.1, -0.05) is 244 Å². The van der Waals surface area contributed by atoms with Crippen molar-refractivity contribution in [1.82, 2.24) is 0 Å². The van der Waals surface area contributed by atoms with Crippen molar-refractivity contribution in [2.75, 3.05) is 13.2 Å². The maximum atomic E-state index is 12.9. The van der Waals surface area contributed by atoms with E-state index in [4.69, 9.17) is 14.2 Å². The number of carbonyl (C=O) groups is 3. The normalized spacial score (nSPS) is 13.1. The van der Waals surface area contributed by atoms with Crippen LogP contribution in [0, 0.1) is 0 Å². The van der Waals surface area contributed by atoms with Gasteiger partial charge in [-0.25, -0.2) is 0 Å². The van der Waals surface area contributed by atoms with E-state index in [0.29, 0.717) is 19.3 Å². The van der Waals surface area contributed by atoms with E-state index in [-0.39, 0.29) is 44.0 Å². The fourth-order valence-electron chi connectivity index (χ4n) is 7.75. The molecule has 0 aliphatic carbocycles. The predicted octanol–water partition coefficient (Wildman–Crippen LogP) is 20.2. The molecule has 0 N–H and O–H groups in total. The fraction of sp³-hybridized carbons (Fsp3) is 0.627. The molecule has 6 heteroatoms. The van der Waals surface area contributed by atoms with Gasteiger partial charge in [0.25, 0.3) is 0 Å². The number of allylic oxidation sites excluding steroid dienone is 22. The van der Waals surface area contributed by atoms with Gasteiger partial charge in [-0.05, 0) is 122 Å². The summed E-state index contributed by atoms with van der Waals surface area (Å²) in [5, 5.41) is 0. The summed E-state index contributed by atoms with van der Waals surface area (Å²) in [4.78, 5) is 38.2. The summed E-state index contributed by atoms with van der Waals surface area (Å²) in [7, 11) is 0. The van der Waals surface area contributed by atoms with Crippen LogP contribution >= 0.6 is 0 Å². The summed E-state index contributed by atoms with van der Waals surface area (Å²) in [6.45, 7) is 6.31. The summed E-state index contributed by atoms with van der Waals surface area (Å²) in [5.74, 6) is -1.05. The first kappa shape index (κ1) is 68.6. The van der Waals surface area contributed by atoms with E-state index < -0.39 is 6.10 Å². The second kappa shape index (κ2) is 60.1.